The zero-order valence-electron chi connectivity index (χ0n) is 8.13. The Balaban J connectivity index is 2.32. The third kappa shape index (κ3) is 1.50. The first-order chi connectivity index (χ1) is 6.95. The molecule has 2 atom stereocenters. The standard InChI is InChI=1S/C11H10F2O2/c1-11(5-7(11)10(14)15)6-2-3-8(12)9(13)4-6/h2-4,7H,5H2,1H3,(H,14,15)/t7-,11+/m0/s1. The smallest absolute Gasteiger partial charge is 0.307 e. The quantitative estimate of drug-likeness (QED) is 0.816. The minimum atomic E-state index is -0.926. The van der Waals surface area contributed by atoms with Gasteiger partial charge in [-0.05, 0) is 24.1 Å². The molecule has 1 aromatic rings. The van der Waals surface area contributed by atoms with E-state index in [9.17, 15) is 13.6 Å². The minimum Gasteiger partial charge on any atom is -0.481 e. The summed E-state index contributed by atoms with van der Waals surface area (Å²) >= 11 is 0. The maximum atomic E-state index is 12.9. The Hall–Kier alpha value is -1.45. The number of hydrogen-bond acceptors (Lipinski definition) is 1. The number of benzene rings is 1. The summed E-state index contributed by atoms with van der Waals surface area (Å²) in [5.41, 5.74) is 0.00852. The normalized spacial score (nSPS) is 28.9. The summed E-state index contributed by atoms with van der Waals surface area (Å²) in [6.45, 7) is 1.75. The molecule has 1 fully saturated rings. The van der Waals surface area contributed by atoms with Crippen LogP contribution in [0.4, 0.5) is 8.78 Å². The number of carboxylic acid groups (broad SMARTS) is 1. The summed E-state index contributed by atoms with van der Waals surface area (Å²) in [6.07, 6.45) is 0.480. The number of carboxylic acids is 1. The number of aliphatic carboxylic acids is 1. The van der Waals surface area contributed by atoms with Crippen molar-refractivity contribution in [2.75, 3.05) is 0 Å². The Morgan fingerprint density at radius 3 is 2.60 bits per heavy atom. The Morgan fingerprint density at radius 1 is 1.47 bits per heavy atom. The van der Waals surface area contributed by atoms with E-state index in [1.807, 2.05) is 0 Å². The molecule has 0 radical (unpaired) electrons. The van der Waals surface area contributed by atoms with Gasteiger partial charge in [0.25, 0.3) is 0 Å². The fourth-order valence-electron chi connectivity index (χ4n) is 1.90. The first-order valence-corrected chi connectivity index (χ1v) is 4.63. The second-order valence-electron chi connectivity index (χ2n) is 4.14. The number of carbonyl (C=O) groups is 1. The van der Waals surface area contributed by atoms with Gasteiger partial charge in [-0.1, -0.05) is 13.0 Å². The molecule has 0 aliphatic heterocycles. The first-order valence-electron chi connectivity index (χ1n) is 4.63. The topological polar surface area (TPSA) is 37.3 Å². The van der Waals surface area contributed by atoms with E-state index in [1.54, 1.807) is 6.92 Å². The van der Waals surface area contributed by atoms with Crippen LogP contribution in [0.5, 0.6) is 0 Å². The van der Waals surface area contributed by atoms with Crippen molar-refractivity contribution >= 4 is 5.97 Å². The highest BCUT2D eigenvalue weighted by atomic mass is 19.2. The van der Waals surface area contributed by atoms with Gasteiger partial charge in [-0.15, -0.1) is 0 Å². The van der Waals surface area contributed by atoms with Crippen LogP contribution in [0.25, 0.3) is 0 Å². The average molecular weight is 212 g/mol. The number of halogens is 2. The molecule has 1 aliphatic carbocycles. The molecule has 0 heterocycles. The lowest BCUT2D eigenvalue weighted by Gasteiger charge is -2.10. The van der Waals surface area contributed by atoms with E-state index >= 15 is 0 Å². The van der Waals surface area contributed by atoms with Crippen LogP contribution in [0.15, 0.2) is 18.2 Å². The lowest BCUT2D eigenvalue weighted by Crippen LogP contribution is -2.11. The molecule has 0 aromatic heterocycles. The van der Waals surface area contributed by atoms with Crippen molar-refractivity contribution in [1.82, 2.24) is 0 Å². The summed E-state index contributed by atoms with van der Waals surface area (Å²) in [5, 5.41) is 8.81. The Bertz CT molecular complexity index is 431. The minimum absolute atomic E-state index is 0.480. The summed E-state index contributed by atoms with van der Waals surface area (Å²) in [6, 6.07) is 3.56. The lowest BCUT2D eigenvalue weighted by molar-refractivity contribution is -0.138. The highest BCUT2D eigenvalue weighted by molar-refractivity contribution is 5.77. The lowest BCUT2D eigenvalue weighted by atomic mass is 9.95. The van der Waals surface area contributed by atoms with Gasteiger partial charge in [-0.25, -0.2) is 8.78 Å². The molecule has 4 heteroatoms. The van der Waals surface area contributed by atoms with Crippen molar-refractivity contribution in [3.8, 4) is 0 Å². The summed E-state index contributed by atoms with van der Waals surface area (Å²) in [4.78, 5) is 10.7. The fraction of sp³-hybridized carbons (Fsp3) is 0.364. The zero-order valence-corrected chi connectivity index (χ0v) is 8.13. The molecule has 0 amide bonds. The molecule has 1 saturated carbocycles. The van der Waals surface area contributed by atoms with Gasteiger partial charge in [0.2, 0.25) is 0 Å². The molecule has 1 N–H and O–H groups in total. The van der Waals surface area contributed by atoms with Crippen LogP contribution in [0, 0.1) is 17.6 Å². The monoisotopic (exact) mass is 212 g/mol. The van der Waals surface area contributed by atoms with E-state index in [2.05, 4.69) is 0 Å². The fourth-order valence-corrected chi connectivity index (χ4v) is 1.90. The van der Waals surface area contributed by atoms with Gasteiger partial charge in [-0.3, -0.25) is 4.79 Å². The second-order valence-corrected chi connectivity index (χ2v) is 4.14. The summed E-state index contributed by atoms with van der Waals surface area (Å²) in [5.74, 6) is -3.20. The van der Waals surface area contributed by atoms with Crippen LogP contribution in [0.1, 0.15) is 18.9 Å². The molecular weight excluding hydrogens is 202 g/mol. The van der Waals surface area contributed by atoms with E-state index in [0.29, 0.717) is 12.0 Å². The van der Waals surface area contributed by atoms with Crippen molar-refractivity contribution in [3.05, 3.63) is 35.4 Å². The van der Waals surface area contributed by atoms with E-state index in [-0.39, 0.29) is 0 Å². The Morgan fingerprint density at radius 2 is 2.13 bits per heavy atom. The van der Waals surface area contributed by atoms with E-state index < -0.39 is 28.9 Å². The van der Waals surface area contributed by atoms with Crippen molar-refractivity contribution in [2.24, 2.45) is 5.92 Å². The van der Waals surface area contributed by atoms with Gasteiger partial charge in [0.05, 0.1) is 5.92 Å². The van der Waals surface area contributed by atoms with Gasteiger partial charge in [0.15, 0.2) is 11.6 Å². The number of hydrogen-bond donors (Lipinski definition) is 1. The predicted octanol–water partition coefficient (Wildman–Crippen LogP) is 2.33. The molecule has 0 unspecified atom stereocenters. The van der Waals surface area contributed by atoms with Gasteiger partial charge < -0.3 is 5.11 Å². The van der Waals surface area contributed by atoms with Gasteiger partial charge in [0, 0.05) is 5.41 Å². The molecule has 80 valence electrons. The van der Waals surface area contributed by atoms with Crippen molar-refractivity contribution in [2.45, 2.75) is 18.8 Å². The SMILES string of the molecule is C[C@]1(c2ccc(F)c(F)c2)C[C@H]1C(=O)O. The molecule has 0 saturated heterocycles. The van der Waals surface area contributed by atoms with E-state index in [4.69, 9.17) is 5.11 Å². The Labute approximate surface area is 85.5 Å². The zero-order chi connectivity index (χ0) is 11.2. The van der Waals surface area contributed by atoms with Crippen molar-refractivity contribution in [1.29, 1.82) is 0 Å². The Kier molecular flexibility index (Phi) is 2.03. The van der Waals surface area contributed by atoms with Gasteiger partial charge in [-0.2, -0.15) is 0 Å². The molecule has 0 spiro atoms. The van der Waals surface area contributed by atoms with Crippen LogP contribution >= 0.6 is 0 Å². The molecule has 2 rings (SSSR count). The second kappa shape index (κ2) is 3.02. The summed E-state index contributed by atoms with van der Waals surface area (Å²) in [7, 11) is 0. The molecule has 1 aromatic carbocycles. The molecule has 15 heavy (non-hydrogen) atoms. The van der Waals surface area contributed by atoms with Crippen molar-refractivity contribution in [3.63, 3.8) is 0 Å². The largest absolute Gasteiger partial charge is 0.481 e. The molecule has 2 nitrogen and oxygen atoms in total. The van der Waals surface area contributed by atoms with E-state index in [1.165, 1.54) is 6.07 Å². The van der Waals surface area contributed by atoms with Crippen LogP contribution in [-0.2, 0) is 10.2 Å². The maximum Gasteiger partial charge on any atom is 0.307 e. The van der Waals surface area contributed by atoms with Crippen LogP contribution < -0.4 is 0 Å². The number of rotatable bonds is 2. The summed E-state index contributed by atoms with van der Waals surface area (Å²) < 4.78 is 25.6. The van der Waals surface area contributed by atoms with Gasteiger partial charge >= 0.3 is 5.97 Å². The van der Waals surface area contributed by atoms with Crippen molar-refractivity contribution < 1.29 is 18.7 Å². The van der Waals surface area contributed by atoms with E-state index in [0.717, 1.165) is 12.1 Å². The van der Waals surface area contributed by atoms with Crippen LogP contribution in [-0.4, -0.2) is 11.1 Å². The highest BCUT2D eigenvalue weighted by Crippen LogP contribution is 2.54. The highest BCUT2D eigenvalue weighted by Gasteiger charge is 2.56. The third-order valence-electron chi connectivity index (χ3n) is 3.11. The van der Waals surface area contributed by atoms with Crippen LogP contribution in [0.3, 0.4) is 0 Å². The predicted molar refractivity (Wildman–Crippen MR) is 49.5 cm³/mol. The third-order valence-corrected chi connectivity index (χ3v) is 3.11. The van der Waals surface area contributed by atoms with Crippen LogP contribution in [0.2, 0.25) is 0 Å². The maximum absolute atomic E-state index is 12.9. The van der Waals surface area contributed by atoms with Gasteiger partial charge in [0.1, 0.15) is 0 Å². The molecular formula is C11H10F2O2. The first kappa shape index (κ1) is 10.1. The molecule has 0 bridgehead atoms. The average Bonchev–Trinajstić information content (AvgIpc) is 2.84. The molecule has 1 aliphatic rings.